The largest absolute Gasteiger partial charge is 0.444 e. The second-order valence-corrected chi connectivity index (χ2v) is 6.42. The van der Waals surface area contributed by atoms with Gasteiger partial charge in [-0.2, -0.15) is 0 Å². The van der Waals surface area contributed by atoms with E-state index in [1.54, 1.807) is 0 Å². The maximum Gasteiger partial charge on any atom is 0.304 e. The number of hydrogen-bond donors (Lipinski definition) is 1. The first kappa shape index (κ1) is 19.9. The molecule has 0 heterocycles. The third-order valence-electron chi connectivity index (χ3n) is 5.06. The summed E-state index contributed by atoms with van der Waals surface area (Å²) in [5.74, 6) is -0.403. The van der Waals surface area contributed by atoms with Gasteiger partial charge in [-0.1, -0.05) is 18.1 Å². The molecule has 0 bridgehead atoms. The third kappa shape index (κ3) is 5.16. The molecule has 1 unspecified atom stereocenters. The van der Waals surface area contributed by atoms with E-state index < -0.39 is 12.2 Å². The molecule has 0 amide bonds. The van der Waals surface area contributed by atoms with Crippen molar-refractivity contribution in [1.29, 1.82) is 0 Å². The Labute approximate surface area is 139 Å². The Balaban J connectivity index is 2.22. The Morgan fingerprint density at radius 3 is 2.09 bits per heavy atom. The summed E-state index contributed by atoms with van der Waals surface area (Å²) >= 11 is 0. The number of nitrogens with two attached hydrogens (primary N) is 1. The van der Waals surface area contributed by atoms with Crippen LogP contribution in [-0.4, -0.2) is 38.6 Å². The van der Waals surface area contributed by atoms with Gasteiger partial charge in [0.1, 0.15) is 0 Å². The number of allylic oxidation sites excluding steroid dienone is 4. The van der Waals surface area contributed by atoms with Crippen LogP contribution in [0.3, 0.4) is 0 Å². The third-order valence-corrected chi connectivity index (χ3v) is 5.06. The average Bonchev–Trinajstić information content (AvgIpc) is 2.62. The number of rotatable bonds is 9. The molecule has 0 aromatic heterocycles. The second kappa shape index (κ2) is 8.62. The van der Waals surface area contributed by atoms with Gasteiger partial charge in [0, 0.05) is 18.9 Å². The minimum Gasteiger partial charge on any atom is -0.444 e. The summed E-state index contributed by atoms with van der Waals surface area (Å²) in [5, 5.41) is 0. The fourth-order valence-electron chi connectivity index (χ4n) is 2.99. The lowest BCUT2D eigenvalue weighted by Crippen LogP contribution is -2.31. The van der Waals surface area contributed by atoms with Crippen molar-refractivity contribution in [3.8, 4) is 0 Å². The van der Waals surface area contributed by atoms with E-state index in [0.717, 1.165) is 6.42 Å². The van der Waals surface area contributed by atoms with Gasteiger partial charge >= 0.3 is 5.97 Å². The molecule has 0 saturated carbocycles. The number of carbonyl (C=O) groups excluding carboxylic acids is 1. The molecule has 1 atom stereocenters. The lowest BCUT2D eigenvalue weighted by molar-refractivity contribution is -0.149. The first-order valence-corrected chi connectivity index (χ1v) is 8.14. The van der Waals surface area contributed by atoms with Crippen LogP contribution in [-0.2, 0) is 19.0 Å². The maximum atomic E-state index is 10.7. The van der Waals surface area contributed by atoms with E-state index in [0.29, 0.717) is 19.8 Å². The summed E-state index contributed by atoms with van der Waals surface area (Å²) in [4.78, 5) is 10.7. The van der Waals surface area contributed by atoms with Crippen LogP contribution in [0.4, 0.5) is 0 Å². The predicted molar refractivity (Wildman–Crippen MR) is 90.9 cm³/mol. The summed E-state index contributed by atoms with van der Waals surface area (Å²) in [6, 6.07) is 0. The molecule has 1 rings (SSSR count). The molecule has 0 radical (unpaired) electrons. The van der Waals surface area contributed by atoms with Crippen molar-refractivity contribution in [2.45, 2.75) is 54.2 Å². The van der Waals surface area contributed by atoms with E-state index in [9.17, 15) is 4.79 Å². The highest BCUT2D eigenvalue weighted by Crippen LogP contribution is 2.48. The van der Waals surface area contributed by atoms with Crippen LogP contribution in [0.1, 0.15) is 48.0 Å². The van der Waals surface area contributed by atoms with Crippen molar-refractivity contribution < 1.29 is 19.0 Å². The number of carbonyl (C=O) groups is 1. The Bertz CT molecular complexity index is 469. The minimum atomic E-state index is -0.712. The summed E-state index contributed by atoms with van der Waals surface area (Å²) in [5.41, 5.74) is 11.4. The van der Waals surface area contributed by atoms with Gasteiger partial charge in [-0.15, -0.1) is 0 Å². The molecule has 0 aromatic carbocycles. The molecule has 1 aliphatic carbocycles. The van der Waals surface area contributed by atoms with Crippen LogP contribution in [0.2, 0.25) is 0 Å². The topological polar surface area (TPSA) is 70.8 Å². The normalized spacial score (nSPS) is 18.6. The molecule has 0 fully saturated rings. The van der Waals surface area contributed by atoms with Gasteiger partial charge in [0.05, 0.1) is 19.8 Å². The molecule has 1 aliphatic rings. The van der Waals surface area contributed by atoms with E-state index in [-0.39, 0.29) is 12.0 Å². The van der Waals surface area contributed by atoms with Gasteiger partial charge in [0.15, 0.2) is 6.23 Å². The molecule has 132 valence electrons. The summed E-state index contributed by atoms with van der Waals surface area (Å²) in [6.07, 6.45) is 0.253. The number of ether oxygens (including phenoxy) is 3. The number of hydrogen-bond acceptors (Lipinski definition) is 5. The molecular weight excluding hydrogens is 294 g/mol. The molecule has 2 N–H and O–H groups in total. The van der Waals surface area contributed by atoms with Crippen LogP contribution in [0.5, 0.6) is 0 Å². The van der Waals surface area contributed by atoms with Crippen molar-refractivity contribution in [1.82, 2.24) is 0 Å². The minimum absolute atomic E-state index is 0.104. The van der Waals surface area contributed by atoms with Crippen LogP contribution in [0.25, 0.3) is 0 Å². The van der Waals surface area contributed by atoms with E-state index in [2.05, 4.69) is 34.6 Å². The van der Waals surface area contributed by atoms with Crippen LogP contribution in [0.15, 0.2) is 22.3 Å². The average molecular weight is 325 g/mol. The Kier molecular flexibility index (Phi) is 7.45. The first-order valence-electron chi connectivity index (χ1n) is 8.14. The zero-order valence-corrected chi connectivity index (χ0v) is 15.3. The van der Waals surface area contributed by atoms with Gasteiger partial charge < -0.3 is 14.2 Å². The van der Waals surface area contributed by atoms with Crippen LogP contribution < -0.4 is 5.73 Å². The van der Waals surface area contributed by atoms with Gasteiger partial charge in [-0.3, -0.25) is 10.5 Å². The van der Waals surface area contributed by atoms with Crippen molar-refractivity contribution >= 4 is 5.97 Å². The van der Waals surface area contributed by atoms with Crippen molar-refractivity contribution in [3.05, 3.63) is 22.3 Å². The molecular formula is C18H31NO4. The van der Waals surface area contributed by atoms with Gasteiger partial charge in [0.2, 0.25) is 0 Å². The predicted octanol–water partition coefficient (Wildman–Crippen LogP) is 2.95. The maximum absolute atomic E-state index is 10.7. The van der Waals surface area contributed by atoms with Crippen LogP contribution in [0, 0.1) is 5.41 Å². The molecule has 5 heteroatoms. The zero-order chi connectivity index (χ0) is 17.6. The summed E-state index contributed by atoms with van der Waals surface area (Å²) < 4.78 is 15.8. The van der Waals surface area contributed by atoms with Gasteiger partial charge in [-0.05, 0) is 45.3 Å². The van der Waals surface area contributed by atoms with Gasteiger partial charge in [-0.25, -0.2) is 0 Å². The van der Waals surface area contributed by atoms with E-state index in [1.807, 2.05) is 0 Å². The molecule has 23 heavy (non-hydrogen) atoms. The second-order valence-electron chi connectivity index (χ2n) is 6.42. The van der Waals surface area contributed by atoms with E-state index >= 15 is 0 Å². The van der Waals surface area contributed by atoms with Crippen molar-refractivity contribution in [2.75, 3.05) is 26.4 Å². The SMILES string of the molecule is CC(=O)OC(N)COCCOCCC1(C)C(C)=C(C)C(C)=C1C. The smallest absolute Gasteiger partial charge is 0.304 e. The van der Waals surface area contributed by atoms with Crippen LogP contribution >= 0.6 is 0 Å². The standard InChI is InChI=1S/C18H31NO4/c1-12-13(2)15(4)18(6,14(12)3)7-8-21-9-10-22-11-17(19)23-16(5)20/h17H,7-11,19H2,1-6H3. The summed E-state index contributed by atoms with van der Waals surface area (Å²) in [7, 11) is 0. The molecule has 5 nitrogen and oxygen atoms in total. The Hall–Kier alpha value is -1.17. The van der Waals surface area contributed by atoms with Gasteiger partial charge in [0.25, 0.3) is 0 Å². The van der Waals surface area contributed by atoms with E-state index in [4.69, 9.17) is 19.9 Å². The monoisotopic (exact) mass is 325 g/mol. The lowest BCUT2D eigenvalue weighted by atomic mass is 9.77. The first-order chi connectivity index (χ1) is 10.7. The Morgan fingerprint density at radius 1 is 1.04 bits per heavy atom. The highest BCUT2D eigenvalue weighted by Gasteiger charge is 2.35. The fraction of sp³-hybridized carbons (Fsp3) is 0.722. The number of esters is 1. The van der Waals surface area contributed by atoms with E-state index in [1.165, 1.54) is 29.2 Å². The summed E-state index contributed by atoms with van der Waals surface area (Å²) in [6.45, 7) is 14.2. The quantitative estimate of drug-likeness (QED) is 0.401. The molecule has 0 spiro atoms. The van der Waals surface area contributed by atoms with Crippen molar-refractivity contribution in [3.63, 3.8) is 0 Å². The molecule has 0 saturated heterocycles. The fourth-order valence-corrected chi connectivity index (χ4v) is 2.99. The highest BCUT2D eigenvalue weighted by atomic mass is 16.6. The zero-order valence-electron chi connectivity index (χ0n) is 15.3. The molecule has 0 aliphatic heterocycles. The lowest BCUT2D eigenvalue weighted by Gasteiger charge is -2.29. The Morgan fingerprint density at radius 2 is 1.57 bits per heavy atom. The van der Waals surface area contributed by atoms with Crippen molar-refractivity contribution in [2.24, 2.45) is 11.1 Å². The molecule has 0 aromatic rings. The highest BCUT2D eigenvalue weighted by molar-refractivity contribution is 5.66.